The quantitative estimate of drug-likeness (QED) is 0.262. The van der Waals surface area contributed by atoms with Gasteiger partial charge in [0.05, 0.1) is 11.9 Å². The highest BCUT2D eigenvalue weighted by Gasteiger charge is 2.13. The van der Waals surface area contributed by atoms with Crippen LogP contribution in [0.25, 0.3) is 22.4 Å². The zero-order valence-corrected chi connectivity index (χ0v) is 18.4. The monoisotopic (exact) mass is 475 g/mol. The molecular weight excluding hydrogens is 461 g/mol. The summed E-state index contributed by atoms with van der Waals surface area (Å²) in [5, 5.41) is 24.8. The fourth-order valence-corrected chi connectivity index (χ4v) is 3.68. The minimum atomic E-state index is -0.587. The number of aromatic nitrogens is 2. The summed E-state index contributed by atoms with van der Waals surface area (Å²) < 4.78 is 0. The lowest BCUT2D eigenvalue weighted by molar-refractivity contribution is 0.474. The molecule has 0 aliphatic heterocycles. The Hall–Kier alpha value is -4.12. The molecule has 0 saturated heterocycles. The smallest absolute Gasteiger partial charge is 0.270 e. The van der Waals surface area contributed by atoms with Gasteiger partial charge in [-0.05, 0) is 41.5 Å². The van der Waals surface area contributed by atoms with Crippen molar-refractivity contribution in [2.45, 2.75) is 0 Å². The van der Waals surface area contributed by atoms with Gasteiger partial charge in [-0.15, -0.1) is 0 Å². The number of nitrogens with zero attached hydrogens (tertiary/aromatic N) is 3. The van der Waals surface area contributed by atoms with Crippen LogP contribution in [0.5, 0.6) is 5.75 Å². The van der Waals surface area contributed by atoms with Crippen molar-refractivity contribution in [2.75, 3.05) is 5.43 Å². The fourth-order valence-electron chi connectivity index (χ4n) is 3.15. The van der Waals surface area contributed by atoms with Crippen LogP contribution in [0.1, 0.15) is 11.1 Å². The lowest BCUT2D eigenvalue weighted by Crippen LogP contribution is -2.16. The lowest BCUT2D eigenvalue weighted by Gasteiger charge is -2.07. The first-order valence-electron chi connectivity index (χ1n) is 9.63. The Morgan fingerprint density at radius 3 is 2.39 bits per heavy atom. The Morgan fingerprint density at radius 2 is 1.73 bits per heavy atom. The van der Waals surface area contributed by atoms with E-state index in [4.69, 9.17) is 23.2 Å². The van der Waals surface area contributed by atoms with Crippen LogP contribution in [0.3, 0.4) is 0 Å². The molecule has 4 aromatic rings. The standard InChI is InChI=1S/C24H15Cl2N5O2/c25-18-8-17(9-19(26)11-18)15-6-7-16(21(32)10-15)13-28-31-24-29-22(14-4-2-1-3-5-14)20(12-27)23(33)30-24/h1-11,13,32H,(H2,29,30,31,33). The van der Waals surface area contributed by atoms with Crippen molar-refractivity contribution in [3.05, 3.63) is 98.3 Å². The molecule has 0 aliphatic rings. The number of H-pyrrole nitrogens is 1. The van der Waals surface area contributed by atoms with Crippen molar-refractivity contribution in [3.8, 4) is 34.2 Å². The number of benzene rings is 3. The van der Waals surface area contributed by atoms with Gasteiger partial charge < -0.3 is 5.11 Å². The van der Waals surface area contributed by atoms with E-state index >= 15 is 0 Å². The average Bonchev–Trinajstić information content (AvgIpc) is 2.79. The van der Waals surface area contributed by atoms with Gasteiger partial charge in [0, 0.05) is 21.2 Å². The lowest BCUT2D eigenvalue weighted by atomic mass is 10.0. The number of nitrogens with one attached hydrogen (secondary N) is 2. The van der Waals surface area contributed by atoms with Crippen LogP contribution in [0.2, 0.25) is 10.0 Å². The van der Waals surface area contributed by atoms with Crippen molar-refractivity contribution in [1.82, 2.24) is 9.97 Å². The van der Waals surface area contributed by atoms with Crippen molar-refractivity contribution in [1.29, 1.82) is 5.26 Å². The first-order chi connectivity index (χ1) is 15.9. The van der Waals surface area contributed by atoms with Gasteiger partial charge in [0.25, 0.3) is 5.56 Å². The van der Waals surface area contributed by atoms with Crippen molar-refractivity contribution >= 4 is 35.4 Å². The number of phenols is 1. The molecule has 0 saturated carbocycles. The zero-order valence-electron chi connectivity index (χ0n) is 16.9. The normalized spacial score (nSPS) is 10.8. The predicted octanol–water partition coefficient (Wildman–Crippen LogP) is 5.43. The second kappa shape index (κ2) is 9.57. The Kier molecular flexibility index (Phi) is 6.41. The second-order valence-electron chi connectivity index (χ2n) is 6.92. The van der Waals surface area contributed by atoms with Gasteiger partial charge in [-0.3, -0.25) is 9.78 Å². The largest absolute Gasteiger partial charge is 0.507 e. The topological polar surface area (TPSA) is 114 Å². The Labute approximate surface area is 198 Å². The molecule has 9 heteroatoms. The average molecular weight is 476 g/mol. The van der Waals surface area contributed by atoms with Crippen LogP contribution in [-0.4, -0.2) is 21.3 Å². The van der Waals surface area contributed by atoms with E-state index in [-0.39, 0.29) is 23.0 Å². The van der Waals surface area contributed by atoms with E-state index in [2.05, 4.69) is 20.5 Å². The van der Waals surface area contributed by atoms with Gasteiger partial charge in [-0.2, -0.15) is 10.4 Å². The van der Waals surface area contributed by atoms with E-state index in [0.717, 1.165) is 11.1 Å². The number of rotatable bonds is 5. The molecule has 7 nitrogen and oxygen atoms in total. The van der Waals surface area contributed by atoms with Gasteiger partial charge in [0.15, 0.2) is 0 Å². The zero-order chi connectivity index (χ0) is 23.4. The van der Waals surface area contributed by atoms with Crippen LogP contribution in [0.4, 0.5) is 5.95 Å². The Bertz CT molecular complexity index is 1440. The highest BCUT2D eigenvalue weighted by Crippen LogP contribution is 2.30. The summed E-state index contributed by atoms with van der Waals surface area (Å²) in [5.74, 6) is 0.0409. The Morgan fingerprint density at radius 1 is 1.00 bits per heavy atom. The second-order valence-corrected chi connectivity index (χ2v) is 7.79. The minimum Gasteiger partial charge on any atom is -0.507 e. The third-order valence-corrected chi connectivity index (χ3v) is 5.12. The maximum atomic E-state index is 12.3. The first kappa shape index (κ1) is 22.1. The summed E-state index contributed by atoms with van der Waals surface area (Å²) in [6, 6.07) is 20.9. The molecule has 0 radical (unpaired) electrons. The fraction of sp³-hybridized carbons (Fsp3) is 0. The first-order valence-corrected chi connectivity index (χ1v) is 10.4. The van der Waals surface area contributed by atoms with E-state index in [9.17, 15) is 15.2 Å². The highest BCUT2D eigenvalue weighted by atomic mass is 35.5. The summed E-state index contributed by atoms with van der Waals surface area (Å²) in [7, 11) is 0. The molecule has 0 unspecified atom stereocenters. The Balaban J connectivity index is 1.58. The molecule has 0 bridgehead atoms. The summed E-state index contributed by atoms with van der Waals surface area (Å²) in [6.07, 6.45) is 1.38. The van der Waals surface area contributed by atoms with Crippen molar-refractivity contribution < 1.29 is 5.11 Å². The van der Waals surface area contributed by atoms with Gasteiger partial charge in [-0.25, -0.2) is 10.4 Å². The maximum Gasteiger partial charge on any atom is 0.270 e. The minimum absolute atomic E-state index is 0.0135. The number of aromatic amines is 1. The molecule has 0 atom stereocenters. The molecule has 1 heterocycles. The molecule has 4 rings (SSSR count). The molecule has 3 N–H and O–H groups in total. The predicted molar refractivity (Wildman–Crippen MR) is 130 cm³/mol. The number of phenolic OH excluding ortho intramolecular Hbond substituents is 1. The van der Waals surface area contributed by atoms with Crippen LogP contribution in [0.15, 0.2) is 76.6 Å². The van der Waals surface area contributed by atoms with Gasteiger partial charge in [0.2, 0.25) is 5.95 Å². The molecule has 162 valence electrons. The van der Waals surface area contributed by atoms with Crippen LogP contribution >= 0.6 is 23.2 Å². The number of hydrogen-bond donors (Lipinski definition) is 3. The van der Waals surface area contributed by atoms with E-state index in [0.29, 0.717) is 21.2 Å². The van der Waals surface area contributed by atoms with E-state index in [1.807, 2.05) is 12.1 Å². The number of aromatic hydroxyl groups is 1. The third-order valence-electron chi connectivity index (χ3n) is 4.68. The molecule has 0 amide bonds. The summed E-state index contributed by atoms with van der Waals surface area (Å²) in [4.78, 5) is 19.1. The molecule has 0 spiro atoms. The van der Waals surface area contributed by atoms with E-state index in [1.54, 1.807) is 60.7 Å². The van der Waals surface area contributed by atoms with Crippen molar-refractivity contribution in [2.24, 2.45) is 5.10 Å². The molecule has 1 aromatic heterocycles. The number of anilines is 1. The molecule has 3 aromatic carbocycles. The van der Waals surface area contributed by atoms with Gasteiger partial charge in [-0.1, -0.05) is 59.6 Å². The maximum absolute atomic E-state index is 12.3. The van der Waals surface area contributed by atoms with Crippen molar-refractivity contribution in [3.63, 3.8) is 0 Å². The number of hydrogen-bond acceptors (Lipinski definition) is 6. The van der Waals surface area contributed by atoms with Crippen LogP contribution in [-0.2, 0) is 0 Å². The number of hydrazone groups is 1. The molecule has 0 aliphatic carbocycles. The third kappa shape index (κ3) is 5.04. The summed E-state index contributed by atoms with van der Waals surface area (Å²) >= 11 is 12.1. The van der Waals surface area contributed by atoms with Gasteiger partial charge in [0.1, 0.15) is 17.4 Å². The van der Waals surface area contributed by atoms with Crippen LogP contribution < -0.4 is 11.0 Å². The van der Waals surface area contributed by atoms with Gasteiger partial charge >= 0.3 is 0 Å². The molecular formula is C24H15Cl2N5O2. The summed E-state index contributed by atoms with van der Waals surface area (Å²) in [6.45, 7) is 0. The highest BCUT2D eigenvalue weighted by molar-refractivity contribution is 6.35. The van der Waals surface area contributed by atoms with E-state index in [1.165, 1.54) is 6.21 Å². The number of nitriles is 1. The molecule has 33 heavy (non-hydrogen) atoms. The summed E-state index contributed by atoms with van der Waals surface area (Å²) in [5.41, 5.74) is 4.74. The molecule has 0 fully saturated rings. The van der Waals surface area contributed by atoms with Crippen LogP contribution in [0, 0.1) is 11.3 Å². The SMILES string of the molecule is N#Cc1c(-c2ccccc2)nc(NN=Cc2ccc(-c3cc(Cl)cc(Cl)c3)cc2O)[nH]c1=O. The number of halogens is 2. The van der Waals surface area contributed by atoms with E-state index < -0.39 is 5.56 Å².